The lowest BCUT2D eigenvalue weighted by Crippen LogP contribution is -2.12. The Morgan fingerprint density at radius 2 is 1.52 bits per heavy atom. The van der Waals surface area contributed by atoms with Gasteiger partial charge in [0.05, 0.1) is 10.5 Å². The number of halogens is 3. The fourth-order valence-corrected chi connectivity index (χ4v) is 2.77. The standard InChI is InChI=1S/C19H13F3N2O3/c1-23-10-16(12-4-2-6-14(8-12)19(20,21)22)18(25)17(11-23)13-5-3-7-15(9-13)24(26)27/h2-11H,1H3. The van der Waals surface area contributed by atoms with Crippen LogP contribution in [-0.4, -0.2) is 9.49 Å². The Morgan fingerprint density at radius 3 is 2.07 bits per heavy atom. The molecule has 138 valence electrons. The summed E-state index contributed by atoms with van der Waals surface area (Å²) in [5, 5.41) is 11.0. The molecule has 0 fully saturated rings. The number of nitro benzene ring substituents is 1. The number of non-ortho nitro benzene ring substituents is 1. The summed E-state index contributed by atoms with van der Waals surface area (Å²) in [6.45, 7) is 0. The summed E-state index contributed by atoms with van der Waals surface area (Å²) in [5.74, 6) is 0. The molecule has 0 atom stereocenters. The van der Waals surface area contributed by atoms with Crippen LogP contribution in [0.25, 0.3) is 22.3 Å². The molecule has 8 heteroatoms. The van der Waals surface area contributed by atoms with Crippen molar-refractivity contribution >= 4 is 5.69 Å². The summed E-state index contributed by atoms with van der Waals surface area (Å²) in [6, 6.07) is 10.0. The van der Waals surface area contributed by atoms with Crippen molar-refractivity contribution in [3.8, 4) is 22.3 Å². The minimum atomic E-state index is -4.53. The van der Waals surface area contributed by atoms with E-state index < -0.39 is 22.1 Å². The van der Waals surface area contributed by atoms with Crippen LogP contribution in [0.3, 0.4) is 0 Å². The largest absolute Gasteiger partial charge is 0.416 e. The lowest BCUT2D eigenvalue weighted by atomic mass is 9.99. The second kappa shape index (κ2) is 6.71. The van der Waals surface area contributed by atoms with Crippen molar-refractivity contribution in [1.82, 2.24) is 4.57 Å². The molecule has 0 unspecified atom stereocenters. The normalized spacial score (nSPS) is 11.4. The number of alkyl halides is 3. The summed E-state index contributed by atoms with van der Waals surface area (Å²) >= 11 is 0. The van der Waals surface area contributed by atoms with E-state index in [1.807, 2.05) is 0 Å². The van der Waals surface area contributed by atoms with Gasteiger partial charge in [-0.25, -0.2) is 0 Å². The molecule has 0 saturated heterocycles. The molecule has 3 rings (SSSR count). The van der Waals surface area contributed by atoms with Gasteiger partial charge in [-0.1, -0.05) is 24.3 Å². The molecule has 0 radical (unpaired) electrons. The zero-order valence-corrected chi connectivity index (χ0v) is 14.0. The Hall–Kier alpha value is -3.42. The molecule has 1 heterocycles. The summed E-state index contributed by atoms with van der Waals surface area (Å²) in [6.07, 6.45) is -1.62. The number of pyridine rings is 1. The molecule has 0 spiro atoms. The van der Waals surface area contributed by atoms with Crippen LogP contribution < -0.4 is 5.43 Å². The number of hydrogen-bond donors (Lipinski definition) is 0. The Kier molecular flexibility index (Phi) is 4.57. The van der Waals surface area contributed by atoms with E-state index in [1.165, 1.54) is 47.3 Å². The smallest absolute Gasteiger partial charge is 0.356 e. The van der Waals surface area contributed by atoms with Crippen molar-refractivity contribution < 1.29 is 18.1 Å². The van der Waals surface area contributed by atoms with Crippen LogP contribution in [0.15, 0.2) is 65.7 Å². The summed E-state index contributed by atoms with van der Waals surface area (Å²) < 4.78 is 40.5. The lowest BCUT2D eigenvalue weighted by Gasteiger charge is -2.11. The third-order valence-electron chi connectivity index (χ3n) is 4.02. The molecule has 0 aliphatic carbocycles. The Balaban J connectivity index is 2.20. The fourth-order valence-electron chi connectivity index (χ4n) is 2.77. The molecule has 0 bridgehead atoms. The van der Waals surface area contributed by atoms with Crippen LogP contribution in [-0.2, 0) is 13.2 Å². The van der Waals surface area contributed by atoms with Crippen molar-refractivity contribution in [2.75, 3.05) is 0 Å². The number of rotatable bonds is 3. The highest BCUT2D eigenvalue weighted by atomic mass is 19.4. The monoisotopic (exact) mass is 374 g/mol. The molecular weight excluding hydrogens is 361 g/mol. The number of hydrogen-bond acceptors (Lipinski definition) is 3. The van der Waals surface area contributed by atoms with Crippen LogP contribution in [0.4, 0.5) is 18.9 Å². The lowest BCUT2D eigenvalue weighted by molar-refractivity contribution is -0.384. The zero-order valence-electron chi connectivity index (χ0n) is 14.0. The number of benzene rings is 2. The van der Waals surface area contributed by atoms with Gasteiger partial charge in [-0.2, -0.15) is 13.2 Å². The maximum atomic E-state index is 13.0. The van der Waals surface area contributed by atoms with Crippen LogP contribution in [0.1, 0.15) is 5.56 Å². The van der Waals surface area contributed by atoms with Gasteiger partial charge >= 0.3 is 6.18 Å². The van der Waals surface area contributed by atoms with E-state index in [2.05, 4.69) is 0 Å². The van der Waals surface area contributed by atoms with Crippen LogP contribution in [0.5, 0.6) is 0 Å². The van der Waals surface area contributed by atoms with Gasteiger partial charge in [-0.05, 0) is 23.3 Å². The second-order valence-electron chi connectivity index (χ2n) is 5.97. The molecule has 1 aromatic heterocycles. The summed E-state index contributed by atoms with van der Waals surface area (Å²) in [4.78, 5) is 23.3. The summed E-state index contributed by atoms with van der Waals surface area (Å²) in [7, 11) is 1.62. The van der Waals surface area contributed by atoms with E-state index >= 15 is 0 Å². The first-order valence-corrected chi connectivity index (χ1v) is 7.79. The number of nitrogens with zero attached hydrogens (tertiary/aromatic N) is 2. The minimum Gasteiger partial charge on any atom is -0.356 e. The molecule has 3 aromatic rings. The molecular formula is C19H13F3N2O3. The molecule has 0 saturated carbocycles. The maximum absolute atomic E-state index is 13.0. The fraction of sp³-hybridized carbons (Fsp3) is 0.105. The predicted molar refractivity (Wildman–Crippen MR) is 94.2 cm³/mol. The molecule has 0 aliphatic rings. The Morgan fingerprint density at radius 1 is 0.963 bits per heavy atom. The molecule has 27 heavy (non-hydrogen) atoms. The van der Waals surface area contributed by atoms with E-state index in [9.17, 15) is 28.1 Å². The minimum absolute atomic E-state index is 0.0765. The average Bonchev–Trinajstić information content (AvgIpc) is 2.63. The van der Waals surface area contributed by atoms with Crippen LogP contribution in [0.2, 0.25) is 0 Å². The van der Waals surface area contributed by atoms with E-state index in [-0.39, 0.29) is 22.4 Å². The summed E-state index contributed by atoms with van der Waals surface area (Å²) in [5.41, 5.74) is -0.866. The second-order valence-corrected chi connectivity index (χ2v) is 5.97. The van der Waals surface area contributed by atoms with Crippen molar-refractivity contribution in [1.29, 1.82) is 0 Å². The number of aromatic nitrogens is 1. The first kappa shape index (κ1) is 18.4. The van der Waals surface area contributed by atoms with Crippen molar-refractivity contribution in [3.05, 3.63) is 86.8 Å². The Bertz CT molecular complexity index is 1090. The highest BCUT2D eigenvalue weighted by molar-refractivity contribution is 5.73. The van der Waals surface area contributed by atoms with Crippen molar-refractivity contribution in [3.63, 3.8) is 0 Å². The van der Waals surface area contributed by atoms with E-state index in [4.69, 9.17) is 0 Å². The molecule has 0 amide bonds. The van der Waals surface area contributed by atoms with Gasteiger partial charge in [0.2, 0.25) is 0 Å². The van der Waals surface area contributed by atoms with Crippen LogP contribution >= 0.6 is 0 Å². The molecule has 2 aromatic carbocycles. The first-order valence-electron chi connectivity index (χ1n) is 7.79. The highest BCUT2D eigenvalue weighted by Gasteiger charge is 2.30. The van der Waals surface area contributed by atoms with Crippen molar-refractivity contribution in [2.45, 2.75) is 6.18 Å². The van der Waals surface area contributed by atoms with E-state index in [1.54, 1.807) is 13.1 Å². The van der Waals surface area contributed by atoms with Gasteiger partial charge < -0.3 is 4.57 Å². The molecule has 0 N–H and O–H groups in total. The molecule has 5 nitrogen and oxygen atoms in total. The molecule has 0 aliphatic heterocycles. The van der Waals surface area contributed by atoms with Gasteiger partial charge in [0.1, 0.15) is 0 Å². The highest BCUT2D eigenvalue weighted by Crippen LogP contribution is 2.32. The predicted octanol–water partition coefficient (Wildman–Crippen LogP) is 4.65. The van der Waals surface area contributed by atoms with Crippen molar-refractivity contribution in [2.24, 2.45) is 7.05 Å². The van der Waals surface area contributed by atoms with Gasteiger partial charge in [0.25, 0.3) is 5.69 Å². The van der Waals surface area contributed by atoms with Gasteiger partial charge in [0, 0.05) is 42.7 Å². The topological polar surface area (TPSA) is 65.1 Å². The van der Waals surface area contributed by atoms with E-state index in [0.29, 0.717) is 5.56 Å². The average molecular weight is 374 g/mol. The number of aryl methyl sites for hydroxylation is 1. The SMILES string of the molecule is Cn1cc(-c2cccc([N+](=O)[O-])c2)c(=O)c(-c2cccc(C(F)(F)F)c2)c1. The Labute approximate surface area is 151 Å². The third kappa shape index (κ3) is 3.74. The third-order valence-corrected chi connectivity index (χ3v) is 4.02. The van der Waals surface area contributed by atoms with Gasteiger partial charge in [0.15, 0.2) is 5.43 Å². The van der Waals surface area contributed by atoms with Gasteiger partial charge in [-0.3, -0.25) is 14.9 Å². The maximum Gasteiger partial charge on any atom is 0.416 e. The quantitative estimate of drug-likeness (QED) is 0.495. The van der Waals surface area contributed by atoms with Crippen LogP contribution in [0, 0.1) is 10.1 Å². The zero-order chi connectivity index (χ0) is 19.8. The van der Waals surface area contributed by atoms with E-state index in [0.717, 1.165) is 12.1 Å². The van der Waals surface area contributed by atoms with Gasteiger partial charge in [-0.15, -0.1) is 0 Å². The first-order chi connectivity index (χ1) is 12.7. The number of nitro groups is 1.